The summed E-state index contributed by atoms with van der Waals surface area (Å²) in [5.41, 5.74) is 4.66. The number of aryl methyl sites for hydroxylation is 3. The number of carbonyl (C=O) groups excluding carboxylic acids is 1. The van der Waals surface area contributed by atoms with Crippen LogP contribution < -0.4 is 4.90 Å². The zero-order valence-electron chi connectivity index (χ0n) is 15.7. The second-order valence-corrected chi connectivity index (χ2v) is 7.38. The van der Waals surface area contributed by atoms with E-state index in [-0.39, 0.29) is 11.8 Å². The first kappa shape index (κ1) is 17.7. The number of hydrogen-bond donors (Lipinski definition) is 0. The molecule has 0 bridgehead atoms. The molecule has 0 fully saturated rings. The molecule has 138 valence electrons. The maximum absolute atomic E-state index is 12.8. The monoisotopic (exact) mass is 381 g/mol. The van der Waals surface area contributed by atoms with Gasteiger partial charge in [-0.2, -0.15) is 9.78 Å². The fourth-order valence-electron chi connectivity index (χ4n) is 3.71. The Bertz CT molecular complexity index is 1020. The van der Waals surface area contributed by atoms with Gasteiger partial charge in [-0.1, -0.05) is 23.7 Å². The van der Waals surface area contributed by atoms with Crippen molar-refractivity contribution in [2.75, 3.05) is 11.9 Å². The zero-order valence-corrected chi connectivity index (χ0v) is 16.4. The molecule has 7 heteroatoms. The third-order valence-corrected chi connectivity index (χ3v) is 5.18. The topological polar surface area (TPSA) is 63.9 Å². The predicted molar refractivity (Wildman–Crippen MR) is 105 cm³/mol. The Kier molecular flexibility index (Phi) is 4.23. The SMILES string of the molecule is Cc1cc(C)nc(-n2nc(C)c3c2N(C)C(=O)C[C@@H]3c2ccc(Cl)cc2)n1. The number of fused-ring (bicyclic) bond motifs is 1. The quantitative estimate of drug-likeness (QED) is 0.678. The van der Waals surface area contributed by atoms with E-state index in [4.69, 9.17) is 16.7 Å². The van der Waals surface area contributed by atoms with Crippen LogP contribution in [0.5, 0.6) is 0 Å². The first-order valence-electron chi connectivity index (χ1n) is 8.79. The fourth-order valence-corrected chi connectivity index (χ4v) is 3.84. The Morgan fingerprint density at radius 3 is 2.33 bits per heavy atom. The van der Waals surface area contributed by atoms with E-state index in [2.05, 4.69) is 9.97 Å². The number of hydrogen-bond acceptors (Lipinski definition) is 4. The van der Waals surface area contributed by atoms with Crippen molar-refractivity contribution in [3.05, 3.63) is 63.6 Å². The highest BCUT2D eigenvalue weighted by Crippen LogP contribution is 2.42. The number of anilines is 1. The van der Waals surface area contributed by atoms with Gasteiger partial charge in [-0.15, -0.1) is 0 Å². The summed E-state index contributed by atoms with van der Waals surface area (Å²) in [5, 5.41) is 5.37. The van der Waals surface area contributed by atoms with Crippen LogP contribution in [0.4, 0.5) is 5.82 Å². The number of halogens is 1. The molecule has 0 spiro atoms. The minimum absolute atomic E-state index is 0.0352. The Morgan fingerprint density at radius 1 is 1.07 bits per heavy atom. The van der Waals surface area contributed by atoms with Crippen LogP contribution in [-0.4, -0.2) is 32.7 Å². The molecule has 3 heterocycles. The van der Waals surface area contributed by atoms with Gasteiger partial charge >= 0.3 is 0 Å². The summed E-state index contributed by atoms with van der Waals surface area (Å²) in [6.07, 6.45) is 0.394. The van der Waals surface area contributed by atoms with Crippen molar-refractivity contribution >= 4 is 23.3 Å². The van der Waals surface area contributed by atoms with Crippen LogP contribution in [0.3, 0.4) is 0 Å². The van der Waals surface area contributed by atoms with Crippen LogP contribution in [-0.2, 0) is 4.79 Å². The molecule has 1 aliphatic rings. The van der Waals surface area contributed by atoms with E-state index in [1.165, 1.54) is 0 Å². The van der Waals surface area contributed by atoms with E-state index >= 15 is 0 Å². The highest BCUT2D eigenvalue weighted by Gasteiger charge is 2.36. The first-order chi connectivity index (χ1) is 12.8. The lowest BCUT2D eigenvalue weighted by Gasteiger charge is -2.30. The molecular formula is C20H20ClN5O. The van der Waals surface area contributed by atoms with Gasteiger partial charge in [0.25, 0.3) is 5.95 Å². The van der Waals surface area contributed by atoms with Gasteiger partial charge < -0.3 is 0 Å². The number of rotatable bonds is 2. The molecule has 1 amide bonds. The molecule has 0 saturated heterocycles. The van der Waals surface area contributed by atoms with E-state index in [1.54, 1.807) is 16.6 Å². The van der Waals surface area contributed by atoms with E-state index in [0.717, 1.165) is 34.0 Å². The van der Waals surface area contributed by atoms with Gasteiger partial charge in [-0.05, 0) is 44.5 Å². The molecule has 0 radical (unpaired) electrons. The lowest BCUT2D eigenvalue weighted by Crippen LogP contribution is -2.35. The van der Waals surface area contributed by atoms with Crippen LogP contribution in [0, 0.1) is 20.8 Å². The molecule has 3 aromatic rings. The maximum Gasteiger partial charge on any atom is 0.252 e. The van der Waals surface area contributed by atoms with Crippen LogP contribution in [0.1, 0.15) is 40.5 Å². The van der Waals surface area contributed by atoms with E-state index in [9.17, 15) is 4.79 Å². The van der Waals surface area contributed by atoms with Crippen molar-refractivity contribution in [3.63, 3.8) is 0 Å². The van der Waals surface area contributed by atoms with Gasteiger partial charge in [0.15, 0.2) is 0 Å². The Hall–Kier alpha value is -2.73. The van der Waals surface area contributed by atoms with Gasteiger partial charge in [-0.3, -0.25) is 9.69 Å². The second-order valence-electron chi connectivity index (χ2n) is 6.95. The molecule has 6 nitrogen and oxygen atoms in total. The van der Waals surface area contributed by atoms with Gasteiger partial charge in [0.05, 0.1) is 5.69 Å². The lowest BCUT2D eigenvalue weighted by molar-refractivity contribution is -0.118. The minimum Gasteiger partial charge on any atom is -0.299 e. The molecular weight excluding hydrogens is 362 g/mol. The largest absolute Gasteiger partial charge is 0.299 e. The van der Waals surface area contributed by atoms with Crippen molar-refractivity contribution in [2.24, 2.45) is 0 Å². The highest BCUT2D eigenvalue weighted by atomic mass is 35.5. The molecule has 0 saturated carbocycles. The summed E-state index contributed by atoms with van der Waals surface area (Å²) in [7, 11) is 1.78. The molecule has 0 N–H and O–H groups in total. The van der Waals surface area contributed by atoms with Crippen LogP contribution in [0.15, 0.2) is 30.3 Å². The van der Waals surface area contributed by atoms with Crippen LogP contribution >= 0.6 is 11.6 Å². The number of benzene rings is 1. The van der Waals surface area contributed by atoms with Crippen molar-refractivity contribution in [1.82, 2.24) is 19.7 Å². The summed E-state index contributed by atoms with van der Waals surface area (Å²) in [5.74, 6) is 1.18. The molecule has 0 unspecified atom stereocenters. The van der Waals surface area contributed by atoms with Crippen LogP contribution in [0.25, 0.3) is 5.95 Å². The first-order valence-corrected chi connectivity index (χ1v) is 9.17. The summed E-state index contributed by atoms with van der Waals surface area (Å²) >= 11 is 6.04. The average Bonchev–Trinajstić information content (AvgIpc) is 2.96. The summed E-state index contributed by atoms with van der Waals surface area (Å²) in [6.45, 7) is 5.81. The lowest BCUT2D eigenvalue weighted by atomic mass is 9.85. The molecule has 2 aromatic heterocycles. The second kappa shape index (κ2) is 6.46. The van der Waals surface area contributed by atoms with Gasteiger partial charge in [0.1, 0.15) is 5.82 Å². The average molecular weight is 382 g/mol. The molecule has 1 aromatic carbocycles. The summed E-state index contributed by atoms with van der Waals surface area (Å²) < 4.78 is 1.69. The third-order valence-electron chi connectivity index (χ3n) is 4.93. The molecule has 4 rings (SSSR count). The Morgan fingerprint density at radius 2 is 1.70 bits per heavy atom. The van der Waals surface area contributed by atoms with Crippen molar-refractivity contribution in [1.29, 1.82) is 0 Å². The van der Waals surface area contributed by atoms with Crippen molar-refractivity contribution < 1.29 is 4.79 Å². The summed E-state index contributed by atoms with van der Waals surface area (Å²) in [6, 6.07) is 9.56. The minimum atomic E-state index is -0.0689. The Balaban J connectivity index is 1.93. The maximum atomic E-state index is 12.8. The molecule has 27 heavy (non-hydrogen) atoms. The standard InChI is InChI=1S/C20H20ClN5O/c1-11-9-12(2)23-20(22-11)26-19-18(13(3)24-26)16(10-17(27)25(19)4)14-5-7-15(21)8-6-14/h5-9,16H,10H2,1-4H3/t16-/m1/s1. The fraction of sp³-hybridized carbons (Fsp3) is 0.300. The smallest absolute Gasteiger partial charge is 0.252 e. The number of carbonyl (C=O) groups is 1. The highest BCUT2D eigenvalue weighted by molar-refractivity contribution is 6.30. The summed E-state index contributed by atoms with van der Waals surface area (Å²) in [4.78, 5) is 23.5. The van der Waals surface area contributed by atoms with Gasteiger partial charge in [-0.25, -0.2) is 9.97 Å². The number of amides is 1. The van der Waals surface area contributed by atoms with Crippen molar-refractivity contribution in [2.45, 2.75) is 33.1 Å². The normalized spacial score (nSPS) is 16.6. The van der Waals surface area contributed by atoms with Crippen molar-refractivity contribution in [3.8, 4) is 5.95 Å². The number of aromatic nitrogens is 4. The molecule has 1 aliphatic heterocycles. The predicted octanol–water partition coefficient (Wildman–Crippen LogP) is 3.74. The third kappa shape index (κ3) is 3.00. The van der Waals surface area contributed by atoms with E-state index in [0.29, 0.717) is 17.4 Å². The van der Waals surface area contributed by atoms with Gasteiger partial charge in [0.2, 0.25) is 5.91 Å². The van der Waals surface area contributed by atoms with Gasteiger partial charge in [0, 0.05) is 41.4 Å². The van der Waals surface area contributed by atoms with E-state index in [1.807, 2.05) is 51.1 Å². The molecule has 1 atom stereocenters. The number of nitrogens with zero attached hydrogens (tertiary/aromatic N) is 5. The van der Waals surface area contributed by atoms with Crippen LogP contribution in [0.2, 0.25) is 5.02 Å². The zero-order chi connectivity index (χ0) is 19.3. The van der Waals surface area contributed by atoms with E-state index < -0.39 is 0 Å². The molecule has 0 aliphatic carbocycles. The Labute approximate surface area is 162 Å².